The fraction of sp³-hybridized carbons (Fsp3) is 0.562. The standard InChI is InChI=1S/C16H25N3O/c1-13(9-10-18(2)3)19-12-17-15(16(19)20)11-14-7-5-4-6-8-14/h4-8,13,15,17H,9-12H2,1-3H3. The molecule has 0 spiro atoms. The van der Waals surface area contributed by atoms with E-state index in [-0.39, 0.29) is 18.0 Å². The molecule has 1 amide bonds. The van der Waals surface area contributed by atoms with Crippen molar-refractivity contribution in [3.63, 3.8) is 0 Å². The highest BCUT2D eigenvalue weighted by molar-refractivity contribution is 5.84. The molecule has 1 aliphatic heterocycles. The van der Waals surface area contributed by atoms with Crippen molar-refractivity contribution in [3.8, 4) is 0 Å². The van der Waals surface area contributed by atoms with E-state index in [4.69, 9.17) is 0 Å². The smallest absolute Gasteiger partial charge is 0.241 e. The van der Waals surface area contributed by atoms with E-state index in [0.29, 0.717) is 6.67 Å². The van der Waals surface area contributed by atoms with Crippen LogP contribution in [0.25, 0.3) is 0 Å². The minimum Gasteiger partial charge on any atom is -0.326 e. The molecule has 0 aliphatic carbocycles. The quantitative estimate of drug-likeness (QED) is 0.851. The molecule has 1 heterocycles. The Labute approximate surface area is 121 Å². The highest BCUT2D eigenvalue weighted by atomic mass is 16.2. The molecule has 4 nitrogen and oxygen atoms in total. The Morgan fingerprint density at radius 2 is 2.05 bits per heavy atom. The highest BCUT2D eigenvalue weighted by Crippen LogP contribution is 2.14. The molecule has 1 saturated heterocycles. The maximum atomic E-state index is 12.4. The molecule has 2 atom stereocenters. The second kappa shape index (κ2) is 6.86. The van der Waals surface area contributed by atoms with Crippen LogP contribution in [0.4, 0.5) is 0 Å². The first-order valence-electron chi connectivity index (χ1n) is 7.30. The molecule has 1 aliphatic rings. The van der Waals surface area contributed by atoms with Crippen molar-refractivity contribution >= 4 is 5.91 Å². The molecule has 1 aromatic carbocycles. The minimum absolute atomic E-state index is 0.0702. The molecular weight excluding hydrogens is 250 g/mol. The maximum absolute atomic E-state index is 12.4. The van der Waals surface area contributed by atoms with E-state index in [1.165, 1.54) is 5.56 Å². The molecule has 2 unspecified atom stereocenters. The van der Waals surface area contributed by atoms with Gasteiger partial charge in [-0.15, -0.1) is 0 Å². The Morgan fingerprint density at radius 3 is 2.70 bits per heavy atom. The lowest BCUT2D eigenvalue weighted by molar-refractivity contribution is -0.130. The zero-order valence-electron chi connectivity index (χ0n) is 12.7. The van der Waals surface area contributed by atoms with E-state index in [0.717, 1.165) is 19.4 Å². The fourth-order valence-corrected chi connectivity index (χ4v) is 2.56. The van der Waals surface area contributed by atoms with Crippen molar-refractivity contribution in [1.82, 2.24) is 15.1 Å². The lowest BCUT2D eigenvalue weighted by Crippen LogP contribution is -2.38. The summed E-state index contributed by atoms with van der Waals surface area (Å²) in [6.45, 7) is 3.81. The number of carbonyl (C=O) groups excluding carboxylic acids is 1. The number of amides is 1. The van der Waals surface area contributed by atoms with Crippen LogP contribution in [0, 0.1) is 0 Å². The van der Waals surface area contributed by atoms with Gasteiger partial charge in [-0.1, -0.05) is 30.3 Å². The summed E-state index contributed by atoms with van der Waals surface area (Å²) in [5, 5.41) is 3.34. The van der Waals surface area contributed by atoms with Crippen LogP contribution in [0.2, 0.25) is 0 Å². The van der Waals surface area contributed by atoms with Crippen LogP contribution in [-0.4, -0.2) is 55.1 Å². The van der Waals surface area contributed by atoms with Gasteiger partial charge in [0, 0.05) is 6.04 Å². The lowest BCUT2D eigenvalue weighted by atomic mass is 10.1. The van der Waals surface area contributed by atoms with Crippen LogP contribution in [0.3, 0.4) is 0 Å². The minimum atomic E-state index is -0.0702. The molecule has 0 saturated carbocycles. The van der Waals surface area contributed by atoms with Gasteiger partial charge >= 0.3 is 0 Å². The summed E-state index contributed by atoms with van der Waals surface area (Å²) in [6.07, 6.45) is 1.79. The molecular formula is C16H25N3O. The molecule has 0 bridgehead atoms. The van der Waals surface area contributed by atoms with E-state index in [9.17, 15) is 4.79 Å². The summed E-state index contributed by atoms with van der Waals surface area (Å²) in [7, 11) is 4.13. The van der Waals surface area contributed by atoms with Gasteiger partial charge in [-0.25, -0.2) is 0 Å². The van der Waals surface area contributed by atoms with Gasteiger partial charge < -0.3 is 9.80 Å². The summed E-state index contributed by atoms with van der Waals surface area (Å²) in [6, 6.07) is 10.4. The Balaban J connectivity index is 1.89. The van der Waals surface area contributed by atoms with Crippen LogP contribution in [0.5, 0.6) is 0 Å². The van der Waals surface area contributed by atoms with E-state index in [2.05, 4.69) is 43.4 Å². The zero-order chi connectivity index (χ0) is 14.5. The lowest BCUT2D eigenvalue weighted by Gasteiger charge is -2.25. The number of benzene rings is 1. The van der Waals surface area contributed by atoms with Crippen LogP contribution >= 0.6 is 0 Å². The van der Waals surface area contributed by atoms with Crippen LogP contribution in [0.15, 0.2) is 30.3 Å². The van der Waals surface area contributed by atoms with Gasteiger partial charge in [0.05, 0.1) is 12.7 Å². The first-order valence-corrected chi connectivity index (χ1v) is 7.30. The highest BCUT2D eigenvalue weighted by Gasteiger charge is 2.33. The van der Waals surface area contributed by atoms with Crippen molar-refractivity contribution < 1.29 is 4.79 Å². The summed E-state index contributed by atoms with van der Waals surface area (Å²) < 4.78 is 0. The van der Waals surface area contributed by atoms with E-state index < -0.39 is 0 Å². The molecule has 1 fully saturated rings. The molecule has 20 heavy (non-hydrogen) atoms. The van der Waals surface area contributed by atoms with Crippen molar-refractivity contribution in [2.75, 3.05) is 27.3 Å². The van der Waals surface area contributed by atoms with E-state index in [1.54, 1.807) is 0 Å². The third kappa shape index (κ3) is 3.81. The normalized spacial score (nSPS) is 20.7. The predicted molar refractivity (Wildman–Crippen MR) is 81.4 cm³/mol. The van der Waals surface area contributed by atoms with E-state index in [1.807, 2.05) is 23.1 Å². The first-order chi connectivity index (χ1) is 9.58. The van der Waals surface area contributed by atoms with E-state index >= 15 is 0 Å². The third-order valence-electron chi connectivity index (χ3n) is 3.90. The summed E-state index contributed by atoms with van der Waals surface area (Å²) in [4.78, 5) is 16.6. The molecule has 2 rings (SSSR count). The Bertz CT molecular complexity index is 433. The van der Waals surface area contributed by atoms with Crippen molar-refractivity contribution in [2.24, 2.45) is 0 Å². The molecule has 0 radical (unpaired) electrons. The third-order valence-corrected chi connectivity index (χ3v) is 3.90. The van der Waals surface area contributed by atoms with Gasteiger partial charge in [0.2, 0.25) is 5.91 Å². The van der Waals surface area contributed by atoms with Gasteiger partial charge in [-0.3, -0.25) is 10.1 Å². The number of rotatable bonds is 6. The van der Waals surface area contributed by atoms with Crippen molar-refractivity contribution in [2.45, 2.75) is 31.8 Å². The molecule has 1 N–H and O–H groups in total. The van der Waals surface area contributed by atoms with Crippen molar-refractivity contribution in [3.05, 3.63) is 35.9 Å². The summed E-state index contributed by atoms with van der Waals surface area (Å²) in [5.74, 6) is 0.236. The topological polar surface area (TPSA) is 35.6 Å². The van der Waals surface area contributed by atoms with Crippen LogP contribution in [-0.2, 0) is 11.2 Å². The van der Waals surface area contributed by atoms with Gasteiger partial charge in [-0.2, -0.15) is 0 Å². The number of carbonyl (C=O) groups is 1. The summed E-state index contributed by atoms with van der Waals surface area (Å²) in [5.41, 5.74) is 1.21. The largest absolute Gasteiger partial charge is 0.326 e. The summed E-state index contributed by atoms with van der Waals surface area (Å²) >= 11 is 0. The SMILES string of the molecule is CC(CCN(C)C)N1CNC(Cc2ccccc2)C1=O. The maximum Gasteiger partial charge on any atom is 0.241 e. The Kier molecular flexibility index (Phi) is 5.15. The monoisotopic (exact) mass is 275 g/mol. The fourth-order valence-electron chi connectivity index (χ4n) is 2.56. The Morgan fingerprint density at radius 1 is 1.35 bits per heavy atom. The average Bonchev–Trinajstić information content (AvgIpc) is 2.79. The molecule has 1 aromatic rings. The van der Waals surface area contributed by atoms with Crippen molar-refractivity contribution in [1.29, 1.82) is 0 Å². The average molecular weight is 275 g/mol. The number of nitrogens with one attached hydrogen (secondary N) is 1. The van der Waals surface area contributed by atoms with Gasteiger partial charge in [0.25, 0.3) is 0 Å². The van der Waals surface area contributed by atoms with Crippen LogP contribution in [0.1, 0.15) is 18.9 Å². The van der Waals surface area contributed by atoms with Gasteiger partial charge in [0.15, 0.2) is 0 Å². The number of hydrogen-bond acceptors (Lipinski definition) is 3. The first kappa shape index (κ1) is 15.0. The Hall–Kier alpha value is -1.39. The number of hydrogen-bond donors (Lipinski definition) is 1. The molecule has 4 heteroatoms. The second-order valence-electron chi connectivity index (χ2n) is 5.85. The number of nitrogens with zero attached hydrogens (tertiary/aromatic N) is 2. The van der Waals surface area contributed by atoms with Gasteiger partial charge in [-0.05, 0) is 46.0 Å². The second-order valence-corrected chi connectivity index (χ2v) is 5.85. The zero-order valence-corrected chi connectivity index (χ0v) is 12.7. The van der Waals surface area contributed by atoms with Gasteiger partial charge in [0.1, 0.15) is 0 Å². The molecule has 110 valence electrons. The predicted octanol–water partition coefficient (Wildman–Crippen LogP) is 1.33. The van der Waals surface area contributed by atoms with Crippen LogP contribution < -0.4 is 5.32 Å². The molecule has 0 aromatic heterocycles.